The van der Waals surface area contributed by atoms with E-state index in [0.717, 1.165) is 30.8 Å². The van der Waals surface area contributed by atoms with Gasteiger partial charge in [0.05, 0.1) is 6.61 Å². The largest absolute Gasteiger partial charge is 0.493 e. The van der Waals surface area contributed by atoms with Crippen molar-refractivity contribution in [2.45, 2.75) is 31.4 Å². The van der Waals surface area contributed by atoms with E-state index in [-0.39, 0.29) is 6.04 Å². The highest BCUT2D eigenvalue weighted by molar-refractivity contribution is 7.08. The maximum absolute atomic E-state index is 10.6. The normalized spacial score (nSPS) is 21.0. The standard InChI is InChI=1S/C17H21NO2S/c1-17(19,13-8-10-21-11-13)12-18-15-6-4-9-20-16-7-3-2-5-14(15)16/h2-3,5,7-8,10-11,15,18-19H,4,6,9,12H2,1H3. The Morgan fingerprint density at radius 3 is 3.05 bits per heavy atom. The first kappa shape index (κ1) is 14.6. The van der Waals surface area contributed by atoms with Crippen LogP contribution in [0.25, 0.3) is 0 Å². The number of ether oxygens (including phenoxy) is 1. The Hall–Kier alpha value is -1.36. The van der Waals surface area contributed by atoms with Gasteiger partial charge in [0.2, 0.25) is 0 Å². The topological polar surface area (TPSA) is 41.5 Å². The van der Waals surface area contributed by atoms with Crippen LogP contribution in [0, 0.1) is 0 Å². The molecule has 112 valence electrons. The van der Waals surface area contributed by atoms with Gasteiger partial charge in [0.1, 0.15) is 11.4 Å². The minimum atomic E-state index is -0.845. The lowest BCUT2D eigenvalue weighted by molar-refractivity contribution is 0.0538. The van der Waals surface area contributed by atoms with Gasteiger partial charge in [-0.3, -0.25) is 0 Å². The third kappa shape index (κ3) is 3.28. The third-order valence-corrected chi connectivity index (χ3v) is 4.71. The summed E-state index contributed by atoms with van der Waals surface area (Å²) < 4.78 is 5.78. The van der Waals surface area contributed by atoms with E-state index < -0.39 is 5.60 Å². The third-order valence-electron chi connectivity index (χ3n) is 4.02. The maximum atomic E-state index is 10.6. The number of hydrogen-bond donors (Lipinski definition) is 2. The molecule has 1 aromatic heterocycles. The number of benzene rings is 1. The van der Waals surface area contributed by atoms with Gasteiger partial charge in [-0.25, -0.2) is 0 Å². The van der Waals surface area contributed by atoms with Crippen LogP contribution in [0.2, 0.25) is 0 Å². The van der Waals surface area contributed by atoms with E-state index in [0.29, 0.717) is 6.54 Å². The minimum absolute atomic E-state index is 0.230. The van der Waals surface area contributed by atoms with Crippen molar-refractivity contribution in [3.63, 3.8) is 0 Å². The molecule has 2 unspecified atom stereocenters. The predicted molar refractivity (Wildman–Crippen MR) is 85.8 cm³/mol. The molecule has 4 heteroatoms. The molecule has 0 fully saturated rings. The number of para-hydroxylation sites is 1. The molecule has 2 N–H and O–H groups in total. The summed E-state index contributed by atoms with van der Waals surface area (Å²) in [5.74, 6) is 0.961. The van der Waals surface area contributed by atoms with Crippen LogP contribution in [0.15, 0.2) is 41.1 Å². The van der Waals surface area contributed by atoms with Gasteiger partial charge in [-0.1, -0.05) is 18.2 Å². The van der Waals surface area contributed by atoms with E-state index in [1.165, 1.54) is 5.56 Å². The summed E-state index contributed by atoms with van der Waals surface area (Å²) in [5, 5.41) is 18.2. The van der Waals surface area contributed by atoms with Crippen LogP contribution in [0.5, 0.6) is 5.75 Å². The van der Waals surface area contributed by atoms with E-state index in [9.17, 15) is 5.11 Å². The van der Waals surface area contributed by atoms with E-state index in [1.807, 2.05) is 41.9 Å². The second-order valence-electron chi connectivity index (χ2n) is 5.75. The van der Waals surface area contributed by atoms with Crippen LogP contribution in [0.1, 0.15) is 36.9 Å². The summed E-state index contributed by atoms with van der Waals surface area (Å²) in [7, 11) is 0. The van der Waals surface area contributed by atoms with Gasteiger partial charge in [0.15, 0.2) is 0 Å². The lowest BCUT2D eigenvalue weighted by Gasteiger charge is -2.27. The van der Waals surface area contributed by atoms with Gasteiger partial charge in [0, 0.05) is 18.2 Å². The molecule has 0 radical (unpaired) electrons. The fourth-order valence-corrected chi connectivity index (χ4v) is 3.51. The van der Waals surface area contributed by atoms with Gasteiger partial charge >= 0.3 is 0 Å². The molecule has 2 atom stereocenters. The van der Waals surface area contributed by atoms with Gasteiger partial charge in [0.25, 0.3) is 0 Å². The highest BCUT2D eigenvalue weighted by Crippen LogP contribution is 2.32. The summed E-state index contributed by atoms with van der Waals surface area (Å²) in [5.41, 5.74) is 1.32. The Kier molecular flexibility index (Phi) is 4.29. The average molecular weight is 303 g/mol. The monoisotopic (exact) mass is 303 g/mol. The number of rotatable bonds is 4. The Morgan fingerprint density at radius 2 is 2.24 bits per heavy atom. The van der Waals surface area contributed by atoms with Crippen LogP contribution in [-0.2, 0) is 5.60 Å². The molecule has 0 spiro atoms. The van der Waals surface area contributed by atoms with Crippen molar-refractivity contribution >= 4 is 11.3 Å². The van der Waals surface area contributed by atoms with E-state index >= 15 is 0 Å². The van der Waals surface area contributed by atoms with Crippen LogP contribution < -0.4 is 10.1 Å². The van der Waals surface area contributed by atoms with Crippen LogP contribution in [0.3, 0.4) is 0 Å². The first-order chi connectivity index (χ1) is 10.2. The van der Waals surface area contributed by atoms with Gasteiger partial charge in [-0.05, 0) is 48.2 Å². The van der Waals surface area contributed by atoms with Crippen LogP contribution >= 0.6 is 11.3 Å². The summed E-state index contributed by atoms with van der Waals surface area (Å²) >= 11 is 1.61. The van der Waals surface area contributed by atoms with Crippen LogP contribution in [-0.4, -0.2) is 18.3 Å². The molecule has 2 aromatic rings. The minimum Gasteiger partial charge on any atom is -0.493 e. The molecule has 0 saturated heterocycles. The predicted octanol–water partition coefficient (Wildman–Crippen LogP) is 3.46. The Morgan fingerprint density at radius 1 is 1.38 bits per heavy atom. The van der Waals surface area contributed by atoms with Crippen molar-refractivity contribution in [2.24, 2.45) is 0 Å². The molecule has 0 bridgehead atoms. The SMILES string of the molecule is CC(O)(CNC1CCCOc2ccccc21)c1ccsc1. The fourth-order valence-electron chi connectivity index (χ4n) is 2.73. The zero-order valence-electron chi connectivity index (χ0n) is 12.2. The summed E-state index contributed by atoms with van der Waals surface area (Å²) in [6.45, 7) is 3.15. The lowest BCUT2D eigenvalue weighted by atomic mass is 9.96. The molecule has 1 aromatic carbocycles. The van der Waals surface area contributed by atoms with Crippen molar-refractivity contribution < 1.29 is 9.84 Å². The highest BCUT2D eigenvalue weighted by atomic mass is 32.1. The Bertz CT molecular complexity index is 580. The zero-order valence-corrected chi connectivity index (χ0v) is 13.0. The second kappa shape index (κ2) is 6.18. The van der Waals surface area contributed by atoms with Gasteiger partial charge in [-0.2, -0.15) is 11.3 Å². The molecule has 0 saturated carbocycles. The molecule has 1 aliphatic rings. The second-order valence-corrected chi connectivity index (χ2v) is 6.53. The van der Waals surface area contributed by atoms with Crippen molar-refractivity contribution in [1.82, 2.24) is 5.32 Å². The number of aliphatic hydroxyl groups is 1. The molecule has 3 nitrogen and oxygen atoms in total. The number of thiophene rings is 1. The van der Waals surface area contributed by atoms with Gasteiger partial charge < -0.3 is 15.2 Å². The molecular weight excluding hydrogens is 282 g/mol. The smallest absolute Gasteiger partial charge is 0.124 e. The number of fused-ring (bicyclic) bond motifs is 1. The molecule has 1 aliphatic heterocycles. The molecule has 0 amide bonds. The first-order valence-electron chi connectivity index (χ1n) is 7.37. The van der Waals surface area contributed by atoms with E-state index in [1.54, 1.807) is 11.3 Å². The Balaban J connectivity index is 1.73. The molecular formula is C17H21NO2S. The number of hydrogen-bond acceptors (Lipinski definition) is 4. The van der Waals surface area contributed by atoms with Crippen LogP contribution in [0.4, 0.5) is 0 Å². The van der Waals surface area contributed by atoms with E-state index in [2.05, 4.69) is 11.4 Å². The molecule has 0 aliphatic carbocycles. The molecule has 21 heavy (non-hydrogen) atoms. The lowest BCUT2D eigenvalue weighted by Crippen LogP contribution is -2.37. The van der Waals surface area contributed by atoms with E-state index in [4.69, 9.17) is 4.74 Å². The summed E-state index contributed by atoms with van der Waals surface area (Å²) in [6.07, 6.45) is 2.05. The molecule has 2 heterocycles. The molecule has 3 rings (SSSR count). The van der Waals surface area contributed by atoms with Crippen molar-refractivity contribution in [3.8, 4) is 5.75 Å². The van der Waals surface area contributed by atoms with Crippen molar-refractivity contribution in [1.29, 1.82) is 0 Å². The average Bonchev–Trinajstić information content (AvgIpc) is 2.95. The maximum Gasteiger partial charge on any atom is 0.124 e. The Labute approximate surface area is 129 Å². The van der Waals surface area contributed by atoms with Gasteiger partial charge in [-0.15, -0.1) is 0 Å². The zero-order chi connectivity index (χ0) is 14.7. The van der Waals surface area contributed by atoms with Crippen molar-refractivity contribution in [3.05, 3.63) is 52.2 Å². The quantitative estimate of drug-likeness (QED) is 0.909. The number of nitrogens with one attached hydrogen (secondary N) is 1. The fraction of sp³-hybridized carbons (Fsp3) is 0.412. The summed E-state index contributed by atoms with van der Waals surface area (Å²) in [6, 6.07) is 10.4. The summed E-state index contributed by atoms with van der Waals surface area (Å²) in [4.78, 5) is 0. The first-order valence-corrected chi connectivity index (χ1v) is 8.31. The van der Waals surface area contributed by atoms with Crippen molar-refractivity contribution in [2.75, 3.05) is 13.2 Å². The highest BCUT2D eigenvalue weighted by Gasteiger charge is 2.26.